The first-order valence-corrected chi connectivity index (χ1v) is 4.89. The van der Waals surface area contributed by atoms with Crippen molar-refractivity contribution in [3.05, 3.63) is 51.8 Å². The van der Waals surface area contributed by atoms with Crippen LogP contribution in [-0.4, -0.2) is 4.98 Å². The van der Waals surface area contributed by atoms with Crippen molar-refractivity contribution < 1.29 is 0 Å². The molecule has 0 atom stereocenters. The lowest BCUT2D eigenvalue weighted by Crippen LogP contribution is -2.11. The summed E-state index contributed by atoms with van der Waals surface area (Å²) in [5, 5.41) is 1.09. The van der Waals surface area contributed by atoms with Crippen LogP contribution in [-0.2, 0) is 0 Å². The zero-order chi connectivity index (χ0) is 11.0. The lowest BCUT2D eigenvalue weighted by atomic mass is 10.0. The Bertz CT molecular complexity index is 593. The summed E-state index contributed by atoms with van der Waals surface area (Å²) in [6.07, 6.45) is 1.61. The number of benzene rings is 1. The molecule has 1 N–H and O–H groups in total. The number of aromatic amines is 1. The molecular weight excluding hydrogens is 186 g/mol. The molecule has 0 aliphatic heterocycles. The Morgan fingerprint density at radius 3 is 2.73 bits per heavy atom. The highest BCUT2D eigenvalue weighted by Crippen LogP contribution is 2.19. The number of fused-ring (bicyclic) bond motifs is 1. The first-order valence-electron chi connectivity index (χ1n) is 4.89. The van der Waals surface area contributed by atoms with E-state index in [1.165, 1.54) is 5.56 Å². The Morgan fingerprint density at radius 1 is 1.33 bits per heavy atom. The largest absolute Gasteiger partial charge is 0.321 e. The SMILES string of the molecule is C=Cc1c(C)c2cc(C)ccc2[nH]c1=O. The quantitative estimate of drug-likeness (QED) is 0.752. The Kier molecular flexibility index (Phi) is 2.19. The molecule has 1 aromatic carbocycles. The lowest BCUT2D eigenvalue weighted by molar-refractivity contribution is 1.25. The fourth-order valence-corrected chi connectivity index (χ4v) is 1.83. The van der Waals surface area contributed by atoms with E-state index in [1.54, 1.807) is 6.08 Å². The minimum absolute atomic E-state index is 0.0705. The molecule has 2 heteroatoms. The van der Waals surface area contributed by atoms with Crippen LogP contribution < -0.4 is 5.56 Å². The van der Waals surface area contributed by atoms with Gasteiger partial charge in [-0.05, 0) is 31.5 Å². The van der Waals surface area contributed by atoms with E-state index in [0.717, 1.165) is 16.5 Å². The number of aryl methyl sites for hydroxylation is 2. The average Bonchev–Trinajstić information content (AvgIpc) is 2.20. The van der Waals surface area contributed by atoms with Gasteiger partial charge in [0.2, 0.25) is 0 Å². The van der Waals surface area contributed by atoms with Crippen LogP contribution in [0.2, 0.25) is 0 Å². The highest BCUT2D eigenvalue weighted by Gasteiger charge is 2.05. The van der Waals surface area contributed by atoms with Gasteiger partial charge in [-0.3, -0.25) is 4.79 Å². The van der Waals surface area contributed by atoms with E-state index in [9.17, 15) is 4.79 Å². The second kappa shape index (κ2) is 3.39. The number of hydrogen-bond acceptors (Lipinski definition) is 1. The summed E-state index contributed by atoms with van der Waals surface area (Å²) in [7, 11) is 0. The minimum atomic E-state index is -0.0705. The molecule has 0 bridgehead atoms. The third-order valence-electron chi connectivity index (χ3n) is 2.68. The second-order valence-electron chi connectivity index (χ2n) is 3.75. The maximum atomic E-state index is 11.6. The van der Waals surface area contributed by atoms with Crippen molar-refractivity contribution in [3.63, 3.8) is 0 Å². The van der Waals surface area contributed by atoms with Crippen LogP contribution in [0.25, 0.3) is 17.0 Å². The summed E-state index contributed by atoms with van der Waals surface area (Å²) in [6, 6.07) is 6.00. The standard InChI is InChI=1S/C13H13NO/c1-4-10-9(3)11-7-8(2)5-6-12(11)14-13(10)15/h4-7H,1H2,2-3H3,(H,14,15). The molecule has 2 nitrogen and oxygen atoms in total. The van der Waals surface area contributed by atoms with E-state index in [2.05, 4.69) is 17.6 Å². The van der Waals surface area contributed by atoms with Crippen LogP contribution >= 0.6 is 0 Å². The van der Waals surface area contributed by atoms with Crippen LogP contribution in [0.1, 0.15) is 16.7 Å². The number of rotatable bonds is 1. The molecule has 1 aromatic heterocycles. The molecule has 0 fully saturated rings. The van der Waals surface area contributed by atoms with Crippen molar-refractivity contribution in [2.75, 3.05) is 0 Å². The maximum Gasteiger partial charge on any atom is 0.255 e. The summed E-state index contributed by atoms with van der Waals surface area (Å²) in [6.45, 7) is 7.65. The second-order valence-corrected chi connectivity index (χ2v) is 3.75. The third-order valence-corrected chi connectivity index (χ3v) is 2.68. The normalized spacial score (nSPS) is 10.5. The van der Waals surface area contributed by atoms with Crippen LogP contribution in [0.4, 0.5) is 0 Å². The molecule has 0 saturated heterocycles. The van der Waals surface area contributed by atoms with Crippen LogP contribution in [0.5, 0.6) is 0 Å². The molecule has 2 aromatic rings. The van der Waals surface area contributed by atoms with Gasteiger partial charge in [-0.15, -0.1) is 0 Å². The van der Waals surface area contributed by atoms with Gasteiger partial charge < -0.3 is 4.98 Å². The van der Waals surface area contributed by atoms with Gasteiger partial charge in [0, 0.05) is 16.5 Å². The fraction of sp³-hybridized carbons (Fsp3) is 0.154. The Labute approximate surface area is 88.3 Å². The first-order chi connectivity index (χ1) is 7.13. The smallest absolute Gasteiger partial charge is 0.255 e. The van der Waals surface area contributed by atoms with Gasteiger partial charge in [-0.2, -0.15) is 0 Å². The van der Waals surface area contributed by atoms with Gasteiger partial charge in [0.25, 0.3) is 5.56 Å². The van der Waals surface area contributed by atoms with Crippen molar-refractivity contribution >= 4 is 17.0 Å². The van der Waals surface area contributed by atoms with Crippen LogP contribution in [0.3, 0.4) is 0 Å². The van der Waals surface area contributed by atoms with E-state index < -0.39 is 0 Å². The predicted octanol–water partition coefficient (Wildman–Crippen LogP) is 2.79. The third kappa shape index (κ3) is 1.48. The summed E-state index contributed by atoms with van der Waals surface area (Å²) in [5.41, 5.74) is 3.65. The maximum absolute atomic E-state index is 11.6. The zero-order valence-corrected chi connectivity index (χ0v) is 8.92. The molecule has 0 radical (unpaired) electrons. The van der Waals surface area contributed by atoms with Crippen LogP contribution in [0, 0.1) is 13.8 Å². The number of nitrogens with one attached hydrogen (secondary N) is 1. The Morgan fingerprint density at radius 2 is 2.07 bits per heavy atom. The van der Waals surface area contributed by atoms with Gasteiger partial charge >= 0.3 is 0 Å². The van der Waals surface area contributed by atoms with Gasteiger partial charge in [0.15, 0.2) is 0 Å². The van der Waals surface area contributed by atoms with Gasteiger partial charge in [-0.1, -0.05) is 24.3 Å². The molecular formula is C13H13NO. The topological polar surface area (TPSA) is 32.9 Å². The average molecular weight is 199 g/mol. The highest BCUT2D eigenvalue weighted by atomic mass is 16.1. The summed E-state index contributed by atoms with van der Waals surface area (Å²) in [4.78, 5) is 14.5. The van der Waals surface area contributed by atoms with Crippen molar-refractivity contribution in [1.29, 1.82) is 0 Å². The zero-order valence-electron chi connectivity index (χ0n) is 8.92. The van der Waals surface area contributed by atoms with E-state index >= 15 is 0 Å². The van der Waals surface area contributed by atoms with Gasteiger partial charge in [0.05, 0.1) is 0 Å². The van der Waals surface area contributed by atoms with Gasteiger partial charge in [0.1, 0.15) is 0 Å². The highest BCUT2D eigenvalue weighted by molar-refractivity contribution is 5.85. The fourth-order valence-electron chi connectivity index (χ4n) is 1.83. The molecule has 1 heterocycles. The number of aromatic nitrogens is 1. The van der Waals surface area contributed by atoms with E-state index in [1.807, 2.05) is 26.0 Å². The van der Waals surface area contributed by atoms with Crippen molar-refractivity contribution in [2.24, 2.45) is 0 Å². The molecule has 76 valence electrons. The van der Waals surface area contributed by atoms with Gasteiger partial charge in [-0.25, -0.2) is 0 Å². The van der Waals surface area contributed by atoms with E-state index in [-0.39, 0.29) is 5.56 Å². The number of H-pyrrole nitrogens is 1. The van der Waals surface area contributed by atoms with Crippen LogP contribution in [0.15, 0.2) is 29.6 Å². The Balaban J connectivity index is 2.98. The minimum Gasteiger partial charge on any atom is -0.321 e. The van der Waals surface area contributed by atoms with Crippen molar-refractivity contribution in [2.45, 2.75) is 13.8 Å². The molecule has 2 rings (SSSR count). The summed E-state index contributed by atoms with van der Waals surface area (Å²) >= 11 is 0. The predicted molar refractivity (Wildman–Crippen MR) is 64.1 cm³/mol. The molecule has 0 unspecified atom stereocenters. The summed E-state index contributed by atoms with van der Waals surface area (Å²) < 4.78 is 0. The van der Waals surface area contributed by atoms with E-state index in [0.29, 0.717) is 5.56 Å². The lowest BCUT2D eigenvalue weighted by Gasteiger charge is -2.06. The number of pyridine rings is 1. The first kappa shape index (κ1) is 9.71. The molecule has 0 saturated carbocycles. The molecule has 15 heavy (non-hydrogen) atoms. The molecule has 0 spiro atoms. The van der Waals surface area contributed by atoms with Crippen molar-refractivity contribution in [1.82, 2.24) is 4.98 Å². The monoisotopic (exact) mass is 199 g/mol. The summed E-state index contributed by atoms with van der Waals surface area (Å²) in [5.74, 6) is 0. The molecule has 0 aliphatic carbocycles. The van der Waals surface area contributed by atoms with Crippen molar-refractivity contribution in [3.8, 4) is 0 Å². The van der Waals surface area contributed by atoms with E-state index in [4.69, 9.17) is 0 Å². The number of hydrogen-bond donors (Lipinski definition) is 1. The molecule has 0 aliphatic rings. The molecule has 0 amide bonds. The Hall–Kier alpha value is -1.83.